The van der Waals surface area contributed by atoms with Crippen LogP contribution in [-0.4, -0.2) is 17.0 Å². The van der Waals surface area contributed by atoms with Gasteiger partial charge in [-0.15, -0.1) is 0 Å². The largest absolute Gasteiger partial charge is 0.481 e. The van der Waals surface area contributed by atoms with Gasteiger partial charge in [0.25, 0.3) is 5.91 Å². The average Bonchev–Trinajstić information content (AvgIpc) is 2.97. The van der Waals surface area contributed by atoms with E-state index in [1.54, 1.807) is 6.92 Å². The van der Waals surface area contributed by atoms with E-state index in [0.29, 0.717) is 10.9 Å². The molecule has 2 aromatic carbocycles. The average molecular weight is 326 g/mol. The van der Waals surface area contributed by atoms with Gasteiger partial charge in [-0.1, -0.05) is 41.7 Å². The van der Waals surface area contributed by atoms with Crippen molar-refractivity contribution in [1.29, 1.82) is 0 Å². The highest BCUT2D eigenvalue weighted by Gasteiger charge is 2.17. The molecule has 0 aliphatic carbocycles. The predicted molar refractivity (Wildman–Crippen MR) is 94.3 cm³/mol. The lowest BCUT2D eigenvalue weighted by Gasteiger charge is -2.13. The van der Waals surface area contributed by atoms with Crippen molar-refractivity contribution in [2.75, 3.05) is 5.32 Å². The van der Waals surface area contributed by atoms with E-state index in [0.717, 1.165) is 21.3 Å². The number of aryl methyl sites for hydroxylation is 2. The highest BCUT2D eigenvalue weighted by atomic mass is 32.1. The van der Waals surface area contributed by atoms with Crippen LogP contribution < -0.4 is 10.1 Å². The van der Waals surface area contributed by atoms with Gasteiger partial charge in [0.05, 0.1) is 10.2 Å². The summed E-state index contributed by atoms with van der Waals surface area (Å²) < 4.78 is 6.74. The van der Waals surface area contributed by atoms with Crippen LogP contribution in [0.15, 0.2) is 42.5 Å². The van der Waals surface area contributed by atoms with Crippen LogP contribution >= 0.6 is 11.3 Å². The molecular formula is C18H18N2O2S. The Morgan fingerprint density at radius 2 is 1.83 bits per heavy atom. The molecule has 5 heteroatoms. The standard InChI is InChI=1S/C18H18N2O2S/c1-11-9-10-12(2)16-15(11)19-18(23-16)20-17(21)13(3)22-14-7-5-4-6-8-14/h4-10,13H,1-3H3,(H,19,20,21). The molecule has 0 fully saturated rings. The number of hydrogen-bond donors (Lipinski definition) is 1. The molecule has 3 aromatic rings. The van der Waals surface area contributed by atoms with Gasteiger partial charge < -0.3 is 4.74 Å². The second-order valence-electron chi connectivity index (χ2n) is 5.46. The van der Waals surface area contributed by atoms with Gasteiger partial charge in [0, 0.05) is 0 Å². The van der Waals surface area contributed by atoms with Gasteiger partial charge in [-0.2, -0.15) is 0 Å². The Morgan fingerprint density at radius 3 is 2.52 bits per heavy atom. The summed E-state index contributed by atoms with van der Waals surface area (Å²) in [5, 5.41) is 3.45. The Morgan fingerprint density at radius 1 is 1.13 bits per heavy atom. The van der Waals surface area contributed by atoms with Gasteiger partial charge >= 0.3 is 0 Å². The molecule has 0 saturated carbocycles. The molecule has 1 amide bonds. The van der Waals surface area contributed by atoms with Crippen LogP contribution in [0.1, 0.15) is 18.1 Å². The Kier molecular flexibility index (Phi) is 4.30. The van der Waals surface area contributed by atoms with Crippen LogP contribution in [0.3, 0.4) is 0 Å². The van der Waals surface area contributed by atoms with Crippen molar-refractivity contribution in [2.24, 2.45) is 0 Å². The van der Waals surface area contributed by atoms with Gasteiger partial charge in [0.15, 0.2) is 11.2 Å². The van der Waals surface area contributed by atoms with Gasteiger partial charge in [0.1, 0.15) is 5.75 Å². The summed E-state index contributed by atoms with van der Waals surface area (Å²) in [6, 6.07) is 13.4. The molecule has 118 valence electrons. The molecule has 1 unspecified atom stereocenters. The molecule has 0 aliphatic heterocycles. The third-order valence-electron chi connectivity index (χ3n) is 3.60. The van der Waals surface area contributed by atoms with E-state index < -0.39 is 6.10 Å². The van der Waals surface area contributed by atoms with Crippen LogP contribution in [-0.2, 0) is 4.79 Å². The van der Waals surface area contributed by atoms with Crippen LogP contribution in [0.25, 0.3) is 10.2 Å². The fraction of sp³-hybridized carbons (Fsp3) is 0.222. The van der Waals surface area contributed by atoms with Crippen LogP contribution in [0.5, 0.6) is 5.75 Å². The van der Waals surface area contributed by atoms with Crippen molar-refractivity contribution in [3.8, 4) is 5.75 Å². The van der Waals surface area contributed by atoms with E-state index in [1.165, 1.54) is 11.3 Å². The summed E-state index contributed by atoms with van der Waals surface area (Å²) >= 11 is 1.49. The van der Waals surface area contributed by atoms with E-state index in [1.807, 2.05) is 50.2 Å². The summed E-state index contributed by atoms with van der Waals surface area (Å²) in [4.78, 5) is 16.8. The number of carbonyl (C=O) groups excluding carboxylic acids is 1. The van der Waals surface area contributed by atoms with E-state index >= 15 is 0 Å². The van der Waals surface area contributed by atoms with Crippen LogP contribution in [0.2, 0.25) is 0 Å². The fourth-order valence-corrected chi connectivity index (χ4v) is 3.29. The number of aromatic nitrogens is 1. The summed E-state index contributed by atoms with van der Waals surface area (Å²) in [6.45, 7) is 5.80. The minimum Gasteiger partial charge on any atom is -0.481 e. The Bertz CT molecular complexity index is 804. The number of carbonyl (C=O) groups is 1. The number of benzene rings is 2. The maximum atomic E-state index is 12.3. The number of nitrogens with zero attached hydrogens (tertiary/aromatic N) is 1. The van der Waals surface area contributed by atoms with Crippen molar-refractivity contribution in [3.63, 3.8) is 0 Å². The number of thiazole rings is 1. The SMILES string of the molecule is Cc1ccc(C)c2sc(NC(=O)C(C)Oc3ccccc3)nc12. The summed E-state index contributed by atoms with van der Waals surface area (Å²) in [7, 11) is 0. The molecule has 0 radical (unpaired) electrons. The Balaban J connectivity index is 1.75. The zero-order valence-corrected chi connectivity index (χ0v) is 14.1. The summed E-state index contributed by atoms with van der Waals surface area (Å²) in [6.07, 6.45) is -0.591. The molecule has 0 bridgehead atoms. The number of anilines is 1. The first kappa shape index (κ1) is 15.5. The molecular weight excluding hydrogens is 308 g/mol. The van der Waals surface area contributed by atoms with E-state index in [9.17, 15) is 4.79 Å². The molecule has 1 heterocycles. The zero-order valence-electron chi connectivity index (χ0n) is 13.3. The van der Waals surface area contributed by atoms with Gasteiger partial charge in [-0.25, -0.2) is 4.98 Å². The van der Waals surface area contributed by atoms with E-state index in [4.69, 9.17) is 4.74 Å². The van der Waals surface area contributed by atoms with Crippen molar-refractivity contribution < 1.29 is 9.53 Å². The molecule has 1 aromatic heterocycles. The maximum absolute atomic E-state index is 12.3. The molecule has 1 N–H and O–H groups in total. The highest BCUT2D eigenvalue weighted by Crippen LogP contribution is 2.30. The topological polar surface area (TPSA) is 51.2 Å². The third kappa shape index (κ3) is 3.35. The zero-order chi connectivity index (χ0) is 16.4. The van der Waals surface area contributed by atoms with Crippen LogP contribution in [0.4, 0.5) is 5.13 Å². The molecule has 0 aliphatic rings. The first-order chi connectivity index (χ1) is 11.0. The molecule has 3 rings (SSSR count). The lowest BCUT2D eigenvalue weighted by Crippen LogP contribution is -2.30. The number of ether oxygens (including phenoxy) is 1. The number of para-hydroxylation sites is 1. The van der Waals surface area contributed by atoms with Crippen molar-refractivity contribution in [3.05, 3.63) is 53.6 Å². The molecule has 1 atom stereocenters. The minimum atomic E-state index is -0.591. The molecule has 23 heavy (non-hydrogen) atoms. The molecule has 0 spiro atoms. The van der Waals surface area contributed by atoms with Gasteiger partial charge in [-0.05, 0) is 44.0 Å². The summed E-state index contributed by atoms with van der Waals surface area (Å²) in [5.74, 6) is 0.467. The first-order valence-corrected chi connectivity index (χ1v) is 8.25. The van der Waals surface area contributed by atoms with Gasteiger partial charge in [0.2, 0.25) is 0 Å². The van der Waals surface area contributed by atoms with Crippen LogP contribution in [0, 0.1) is 13.8 Å². The van der Waals surface area contributed by atoms with Crippen molar-refractivity contribution in [1.82, 2.24) is 4.98 Å². The molecule has 4 nitrogen and oxygen atoms in total. The van der Waals surface area contributed by atoms with Crippen molar-refractivity contribution in [2.45, 2.75) is 26.9 Å². The highest BCUT2D eigenvalue weighted by molar-refractivity contribution is 7.22. The molecule has 0 saturated heterocycles. The second kappa shape index (κ2) is 6.38. The number of nitrogens with one attached hydrogen (secondary N) is 1. The van der Waals surface area contributed by atoms with E-state index in [-0.39, 0.29) is 5.91 Å². The Labute approximate surface area is 139 Å². The summed E-state index contributed by atoms with van der Waals surface area (Å²) in [5.41, 5.74) is 3.22. The fourth-order valence-electron chi connectivity index (χ4n) is 2.28. The number of fused-ring (bicyclic) bond motifs is 1. The normalized spacial score (nSPS) is 12.1. The van der Waals surface area contributed by atoms with Gasteiger partial charge in [-0.3, -0.25) is 10.1 Å². The predicted octanol–water partition coefficient (Wildman–Crippen LogP) is 4.32. The maximum Gasteiger partial charge on any atom is 0.266 e. The number of amides is 1. The second-order valence-corrected chi connectivity index (χ2v) is 6.46. The van der Waals surface area contributed by atoms with Crippen molar-refractivity contribution >= 4 is 32.6 Å². The first-order valence-electron chi connectivity index (χ1n) is 7.44. The van der Waals surface area contributed by atoms with E-state index in [2.05, 4.69) is 16.4 Å². The lowest BCUT2D eigenvalue weighted by molar-refractivity contribution is -0.122. The third-order valence-corrected chi connectivity index (χ3v) is 4.70. The number of hydrogen-bond acceptors (Lipinski definition) is 4. The quantitative estimate of drug-likeness (QED) is 0.777. The number of rotatable bonds is 4. The monoisotopic (exact) mass is 326 g/mol. The lowest BCUT2D eigenvalue weighted by atomic mass is 10.1. The smallest absolute Gasteiger partial charge is 0.266 e. The Hall–Kier alpha value is -2.40. The minimum absolute atomic E-state index is 0.205.